The number of hydrogen-bond acceptors (Lipinski definition) is 5. The Morgan fingerprint density at radius 1 is 1.10 bits per heavy atom. The van der Waals surface area contributed by atoms with Crippen LogP contribution in [0.1, 0.15) is 32.3 Å². The molecule has 0 amide bonds. The number of benzene rings is 1. The van der Waals surface area contributed by atoms with Crippen LogP contribution < -0.4 is 4.74 Å². The molecule has 1 fully saturated rings. The number of aliphatic hydroxyl groups is 4. The average molecular weight is 423 g/mol. The lowest BCUT2D eigenvalue weighted by atomic mass is 9.61. The summed E-state index contributed by atoms with van der Waals surface area (Å²) in [4.78, 5) is 0. The van der Waals surface area contributed by atoms with Gasteiger partial charge in [0, 0.05) is 17.6 Å². The number of halogens is 1. The highest BCUT2D eigenvalue weighted by Crippen LogP contribution is 2.48. The van der Waals surface area contributed by atoms with Crippen molar-refractivity contribution in [1.82, 2.24) is 0 Å². The van der Waals surface area contributed by atoms with Crippen LogP contribution in [0.15, 0.2) is 47.0 Å². The molecule has 1 aromatic rings. The molecule has 1 saturated carbocycles. The average Bonchev–Trinajstić information content (AvgIpc) is 2.71. The van der Waals surface area contributed by atoms with Crippen LogP contribution in [-0.2, 0) is 6.42 Å². The molecule has 0 spiro atoms. The van der Waals surface area contributed by atoms with Crippen LogP contribution in [0, 0.1) is 17.3 Å². The lowest BCUT2D eigenvalue weighted by Gasteiger charge is -2.48. The number of hydrogen-bond donors (Lipinski definition) is 4. The van der Waals surface area contributed by atoms with Gasteiger partial charge < -0.3 is 25.2 Å². The molecule has 29 heavy (non-hydrogen) atoms. The number of aliphatic hydroxyl groups excluding tert-OH is 4. The zero-order valence-corrected chi connectivity index (χ0v) is 17.7. The predicted molar refractivity (Wildman–Crippen MR) is 113 cm³/mol. The van der Waals surface area contributed by atoms with Crippen LogP contribution in [0.4, 0.5) is 0 Å². The molecule has 6 atom stereocenters. The third-order valence-electron chi connectivity index (χ3n) is 6.43. The minimum atomic E-state index is -1.27. The number of allylic oxidation sites excluding steroid dienone is 4. The molecule has 4 N–H and O–H groups in total. The molecular formula is C23H31ClO5. The summed E-state index contributed by atoms with van der Waals surface area (Å²) in [6, 6.07) is 7.93. The second-order valence-corrected chi connectivity index (χ2v) is 8.88. The van der Waals surface area contributed by atoms with Gasteiger partial charge in [0.05, 0.1) is 18.8 Å². The fourth-order valence-corrected chi connectivity index (χ4v) is 4.87. The van der Waals surface area contributed by atoms with Crippen LogP contribution >= 0.6 is 11.6 Å². The maximum absolute atomic E-state index is 10.7. The van der Waals surface area contributed by atoms with Crippen molar-refractivity contribution < 1.29 is 25.2 Å². The van der Waals surface area contributed by atoms with Crippen LogP contribution in [0.25, 0.3) is 0 Å². The first-order chi connectivity index (χ1) is 13.8. The van der Waals surface area contributed by atoms with Gasteiger partial charge in [-0.05, 0) is 66.9 Å². The summed E-state index contributed by atoms with van der Waals surface area (Å²) in [5, 5.41) is 41.4. The monoisotopic (exact) mass is 422 g/mol. The summed E-state index contributed by atoms with van der Waals surface area (Å²) >= 11 is 6.50. The largest absolute Gasteiger partial charge is 0.494 e. The van der Waals surface area contributed by atoms with Crippen LogP contribution in [0.2, 0.25) is 0 Å². The lowest BCUT2D eigenvalue weighted by Crippen LogP contribution is -2.55. The molecule has 0 aromatic heterocycles. The Balaban J connectivity index is 1.78. The number of rotatable bonds is 6. The molecule has 1 aromatic carbocycles. The van der Waals surface area contributed by atoms with E-state index in [4.69, 9.17) is 16.3 Å². The van der Waals surface area contributed by atoms with Gasteiger partial charge in [-0.25, -0.2) is 0 Å². The minimum absolute atomic E-state index is 0.225. The third-order valence-corrected chi connectivity index (χ3v) is 6.82. The van der Waals surface area contributed by atoms with Crippen molar-refractivity contribution in [3.05, 3.63) is 52.6 Å². The second kappa shape index (κ2) is 9.19. The highest BCUT2D eigenvalue weighted by atomic mass is 35.5. The molecule has 1 unspecified atom stereocenters. The van der Waals surface area contributed by atoms with Gasteiger partial charge in [0.1, 0.15) is 11.9 Å². The van der Waals surface area contributed by atoms with Gasteiger partial charge in [0.2, 0.25) is 0 Å². The van der Waals surface area contributed by atoms with E-state index in [1.807, 2.05) is 50.3 Å². The van der Waals surface area contributed by atoms with Gasteiger partial charge >= 0.3 is 0 Å². The topological polar surface area (TPSA) is 90.2 Å². The highest BCUT2D eigenvalue weighted by Gasteiger charge is 2.49. The summed E-state index contributed by atoms with van der Waals surface area (Å²) in [7, 11) is 0. The summed E-state index contributed by atoms with van der Waals surface area (Å²) in [5.74, 6) is 0.0755. The van der Waals surface area contributed by atoms with Crippen molar-refractivity contribution in [2.75, 3.05) is 13.2 Å². The van der Waals surface area contributed by atoms with E-state index in [0.717, 1.165) is 16.9 Å². The normalized spacial score (nSPS) is 35.1. The SMILES string of the molecule is CCOc1ccc(CC2=C(Cl)C=CC(C)([C@@H]3C[C@H](CO)[C@@H](O)[C@H](O)[C@H]3O)C2)cc1. The first kappa shape index (κ1) is 22.3. The molecule has 5 nitrogen and oxygen atoms in total. The minimum Gasteiger partial charge on any atom is -0.494 e. The Labute approximate surface area is 177 Å². The molecule has 0 radical (unpaired) electrons. The van der Waals surface area contributed by atoms with E-state index in [1.54, 1.807) is 0 Å². The summed E-state index contributed by atoms with van der Waals surface area (Å²) in [6.07, 6.45) is 2.16. The van der Waals surface area contributed by atoms with Crippen LogP contribution in [-0.4, -0.2) is 52.0 Å². The van der Waals surface area contributed by atoms with E-state index >= 15 is 0 Å². The fraction of sp³-hybridized carbons (Fsp3) is 0.565. The van der Waals surface area contributed by atoms with Crippen LogP contribution in [0.3, 0.4) is 0 Å². The first-order valence-corrected chi connectivity index (χ1v) is 10.6. The summed E-state index contributed by atoms with van der Waals surface area (Å²) in [5.41, 5.74) is 1.74. The zero-order chi connectivity index (χ0) is 21.2. The van der Waals surface area contributed by atoms with Gasteiger partial charge in [0.25, 0.3) is 0 Å². The molecular weight excluding hydrogens is 392 g/mol. The van der Waals surface area contributed by atoms with Gasteiger partial charge in [-0.15, -0.1) is 0 Å². The fourth-order valence-electron chi connectivity index (χ4n) is 4.67. The van der Waals surface area contributed by atoms with Crippen molar-refractivity contribution >= 4 is 11.6 Å². The summed E-state index contributed by atoms with van der Waals surface area (Å²) in [6.45, 7) is 4.39. The van der Waals surface area contributed by atoms with Crippen molar-refractivity contribution in [1.29, 1.82) is 0 Å². The van der Waals surface area contributed by atoms with E-state index in [9.17, 15) is 20.4 Å². The maximum atomic E-state index is 10.7. The van der Waals surface area contributed by atoms with Crippen molar-refractivity contribution in [2.24, 2.45) is 17.3 Å². The Morgan fingerprint density at radius 2 is 1.79 bits per heavy atom. The number of ether oxygens (including phenoxy) is 1. The van der Waals surface area contributed by atoms with Gasteiger partial charge in [-0.2, -0.15) is 0 Å². The predicted octanol–water partition coefficient (Wildman–Crippen LogP) is 2.80. The van der Waals surface area contributed by atoms with E-state index in [2.05, 4.69) is 0 Å². The summed E-state index contributed by atoms with van der Waals surface area (Å²) < 4.78 is 5.49. The molecule has 3 rings (SSSR count). The van der Waals surface area contributed by atoms with Gasteiger partial charge in [0.15, 0.2) is 0 Å². The zero-order valence-electron chi connectivity index (χ0n) is 17.0. The smallest absolute Gasteiger partial charge is 0.119 e. The lowest BCUT2D eigenvalue weighted by molar-refractivity contribution is -0.158. The second-order valence-electron chi connectivity index (χ2n) is 8.48. The van der Waals surface area contributed by atoms with E-state index in [-0.39, 0.29) is 12.5 Å². The molecule has 6 heteroatoms. The Kier molecular flexibility index (Phi) is 7.07. The van der Waals surface area contributed by atoms with Crippen molar-refractivity contribution in [3.8, 4) is 5.75 Å². The van der Waals surface area contributed by atoms with E-state index in [1.165, 1.54) is 0 Å². The molecule has 0 saturated heterocycles. The molecule has 0 heterocycles. The molecule has 2 aliphatic carbocycles. The molecule has 160 valence electrons. The molecule has 0 aliphatic heterocycles. The Hall–Kier alpha value is -1.37. The van der Waals surface area contributed by atoms with Gasteiger partial charge in [-0.1, -0.05) is 36.7 Å². The van der Waals surface area contributed by atoms with E-state index in [0.29, 0.717) is 30.9 Å². The van der Waals surface area contributed by atoms with Crippen molar-refractivity contribution in [2.45, 2.75) is 51.4 Å². The molecule has 2 aliphatic rings. The third kappa shape index (κ3) is 4.70. The Morgan fingerprint density at radius 3 is 2.41 bits per heavy atom. The van der Waals surface area contributed by atoms with Crippen LogP contribution in [0.5, 0.6) is 5.75 Å². The standard InChI is InChI=1S/C23H31ClO5/c1-3-29-17-6-4-14(5-7-17)10-15-12-23(2,9-8-19(15)24)18-11-16(13-25)20(26)22(28)21(18)27/h4-9,16,18,20-22,25-28H,3,10-13H2,1-2H3/t16-,18-,20-,21+,22+,23?/m1/s1. The highest BCUT2D eigenvalue weighted by molar-refractivity contribution is 6.31. The molecule has 0 bridgehead atoms. The first-order valence-electron chi connectivity index (χ1n) is 10.2. The van der Waals surface area contributed by atoms with E-state index < -0.39 is 29.6 Å². The Bertz CT molecular complexity index is 757. The maximum Gasteiger partial charge on any atom is 0.119 e. The van der Waals surface area contributed by atoms with Crippen molar-refractivity contribution in [3.63, 3.8) is 0 Å². The quantitative estimate of drug-likeness (QED) is 0.566. The van der Waals surface area contributed by atoms with Gasteiger partial charge in [-0.3, -0.25) is 0 Å².